The Morgan fingerprint density at radius 2 is 1.97 bits per heavy atom. The zero-order valence-electron chi connectivity index (χ0n) is 19.6. The number of aromatic amines is 1. The van der Waals surface area contributed by atoms with Crippen molar-refractivity contribution < 1.29 is 14.3 Å². The first-order valence-corrected chi connectivity index (χ1v) is 12.1. The molecular formula is C26H25N7O3. The molecule has 2 aliphatic rings. The number of hydrogen-bond acceptors (Lipinski definition) is 6. The molecule has 1 saturated heterocycles. The van der Waals surface area contributed by atoms with Gasteiger partial charge < -0.3 is 15.0 Å². The summed E-state index contributed by atoms with van der Waals surface area (Å²) in [6.45, 7) is 1.24. The molecule has 0 radical (unpaired) electrons. The monoisotopic (exact) mass is 483 g/mol. The Morgan fingerprint density at radius 3 is 2.86 bits per heavy atom. The van der Waals surface area contributed by atoms with E-state index >= 15 is 0 Å². The molecule has 4 heterocycles. The molecule has 2 N–H and O–H groups in total. The van der Waals surface area contributed by atoms with Crippen LogP contribution >= 0.6 is 0 Å². The fourth-order valence-electron chi connectivity index (χ4n) is 4.78. The Hall–Kier alpha value is -4.47. The lowest BCUT2D eigenvalue weighted by molar-refractivity contribution is 0.0593. The minimum absolute atomic E-state index is 0.152. The molecule has 0 spiro atoms. The molecule has 10 heteroatoms. The molecule has 2 amide bonds. The van der Waals surface area contributed by atoms with Crippen LogP contribution in [0.4, 0.5) is 5.82 Å². The molecule has 0 bridgehead atoms. The summed E-state index contributed by atoms with van der Waals surface area (Å²) in [4.78, 5) is 32.2. The van der Waals surface area contributed by atoms with Crippen LogP contribution in [0.1, 0.15) is 57.5 Å². The number of amides is 2. The average Bonchev–Trinajstić information content (AvgIpc) is 3.69. The largest absolute Gasteiger partial charge is 0.493 e. The second-order valence-electron chi connectivity index (χ2n) is 8.94. The fourth-order valence-corrected chi connectivity index (χ4v) is 4.78. The molecule has 0 saturated carbocycles. The Labute approximate surface area is 207 Å². The van der Waals surface area contributed by atoms with Gasteiger partial charge in [0.2, 0.25) is 5.82 Å². The van der Waals surface area contributed by atoms with E-state index in [1.807, 2.05) is 42.5 Å². The molecule has 4 aromatic rings. The lowest BCUT2D eigenvalue weighted by Crippen LogP contribution is -2.39. The third kappa shape index (κ3) is 4.21. The Kier molecular flexibility index (Phi) is 5.68. The number of para-hydroxylation sites is 1. The van der Waals surface area contributed by atoms with E-state index in [0.29, 0.717) is 24.5 Å². The van der Waals surface area contributed by atoms with Gasteiger partial charge in [0.1, 0.15) is 12.1 Å². The number of ether oxygens (including phenoxy) is 1. The first-order valence-electron chi connectivity index (χ1n) is 12.1. The number of carbonyl (C=O) groups excluding carboxylic acids is 2. The predicted octanol–water partition coefficient (Wildman–Crippen LogP) is 3.55. The molecular weight excluding hydrogens is 458 g/mol. The highest BCUT2D eigenvalue weighted by molar-refractivity contribution is 6.04. The summed E-state index contributed by atoms with van der Waals surface area (Å²) < 4.78 is 7.11. The van der Waals surface area contributed by atoms with Crippen LogP contribution in [0.5, 0.6) is 5.75 Å². The molecule has 36 heavy (non-hydrogen) atoms. The average molecular weight is 484 g/mol. The van der Waals surface area contributed by atoms with Crippen LogP contribution in [-0.2, 0) is 6.42 Å². The summed E-state index contributed by atoms with van der Waals surface area (Å²) in [5, 5.41) is 14.6. The van der Waals surface area contributed by atoms with Crippen LogP contribution in [0.15, 0.2) is 60.9 Å². The van der Waals surface area contributed by atoms with Gasteiger partial charge in [-0.05, 0) is 55.2 Å². The number of nitrogens with one attached hydrogen (secondary N) is 2. The number of rotatable bonds is 5. The van der Waals surface area contributed by atoms with Gasteiger partial charge in [0.25, 0.3) is 11.8 Å². The number of aromatic nitrogens is 5. The van der Waals surface area contributed by atoms with Crippen LogP contribution in [0.25, 0.3) is 5.69 Å². The maximum absolute atomic E-state index is 13.4. The van der Waals surface area contributed by atoms with Crippen molar-refractivity contribution in [1.29, 1.82) is 0 Å². The summed E-state index contributed by atoms with van der Waals surface area (Å²) >= 11 is 0. The van der Waals surface area contributed by atoms with Crippen molar-refractivity contribution in [1.82, 2.24) is 29.9 Å². The number of fused-ring (bicyclic) bond motifs is 1. The third-order valence-corrected chi connectivity index (χ3v) is 6.62. The summed E-state index contributed by atoms with van der Waals surface area (Å²) in [6, 6.07) is 16.6. The number of piperidine rings is 1. The molecule has 1 fully saturated rings. The number of benzene rings is 2. The van der Waals surface area contributed by atoms with Gasteiger partial charge in [-0.15, -0.1) is 5.10 Å². The van der Waals surface area contributed by atoms with Gasteiger partial charge in [-0.3, -0.25) is 14.7 Å². The number of nitrogens with zero attached hydrogens (tertiary/aromatic N) is 5. The van der Waals surface area contributed by atoms with Crippen molar-refractivity contribution >= 4 is 17.6 Å². The Bertz CT molecular complexity index is 1410. The summed E-state index contributed by atoms with van der Waals surface area (Å²) in [7, 11) is 0. The molecule has 1 unspecified atom stereocenters. The van der Waals surface area contributed by atoms with E-state index in [2.05, 4.69) is 25.6 Å². The molecule has 2 aromatic heterocycles. The van der Waals surface area contributed by atoms with Gasteiger partial charge >= 0.3 is 0 Å². The molecule has 2 aliphatic heterocycles. The van der Waals surface area contributed by atoms with Crippen LogP contribution in [0.2, 0.25) is 0 Å². The maximum Gasteiger partial charge on any atom is 0.294 e. The van der Waals surface area contributed by atoms with Crippen molar-refractivity contribution in [3.8, 4) is 11.4 Å². The number of carbonyl (C=O) groups is 2. The molecule has 2 aromatic carbocycles. The van der Waals surface area contributed by atoms with Crippen LogP contribution in [0.3, 0.4) is 0 Å². The van der Waals surface area contributed by atoms with E-state index in [1.165, 1.54) is 0 Å². The van der Waals surface area contributed by atoms with Crippen molar-refractivity contribution in [3.05, 3.63) is 83.6 Å². The first kappa shape index (κ1) is 22.0. The fraction of sp³-hybridized carbons (Fsp3) is 0.269. The lowest BCUT2D eigenvalue weighted by atomic mass is 9.99. The topological polar surface area (TPSA) is 118 Å². The lowest BCUT2D eigenvalue weighted by Gasteiger charge is -2.34. The van der Waals surface area contributed by atoms with E-state index < -0.39 is 0 Å². The van der Waals surface area contributed by atoms with Crippen molar-refractivity contribution in [2.24, 2.45) is 0 Å². The van der Waals surface area contributed by atoms with Gasteiger partial charge in [0, 0.05) is 24.6 Å². The summed E-state index contributed by atoms with van der Waals surface area (Å²) in [5.41, 5.74) is 3.19. The summed E-state index contributed by atoms with van der Waals surface area (Å²) in [5.74, 6) is 0.930. The van der Waals surface area contributed by atoms with Crippen LogP contribution < -0.4 is 10.1 Å². The quantitative estimate of drug-likeness (QED) is 0.448. The van der Waals surface area contributed by atoms with Crippen LogP contribution in [0, 0.1) is 0 Å². The van der Waals surface area contributed by atoms with E-state index in [-0.39, 0.29) is 23.7 Å². The second-order valence-corrected chi connectivity index (χ2v) is 8.94. The van der Waals surface area contributed by atoms with Gasteiger partial charge in [-0.25, -0.2) is 9.67 Å². The van der Waals surface area contributed by atoms with Crippen LogP contribution in [-0.4, -0.2) is 54.8 Å². The van der Waals surface area contributed by atoms with E-state index in [1.54, 1.807) is 28.0 Å². The van der Waals surface area contributed by atoms with E-state index in [4.69, 9.17) is 4.74 Å². The molecule has 0 aliphatic carbocycles. The van der Waals surface area contributed by atoms with Crippen molar-refractivity contribution in [2.45, 2.75) is 31.7 Å². The Morgan fingerprint density at radius 1 is 1.08 bits per heavy atom. The van der Waals surface area contributed by atoms with Gasteiger partial charge in [-0.1, -0.05) is 18.2 Å². The highest BCUT2D eigenvalue weighted by atomic mass is 16.5. The number of anilines is 1. The maximum atomic E-state index is 13.4. The zero-order chi connectivity index (χ0) is 24.5. The number of H-pyrrole nitrogens is 1. The summed E-state index contributed by atoms with van der Waals surface area (Å²) in [6.07, 6.45) is 5.02. The smallest absolute Gasteiger partial charge is 0.294 e. The zero-order valence-corrected chi connectivity index (χ0v) is 19.6. The Balaban J connectivity index is 1.18. The third-order valence-electron chi connectivity index (χ3n) is 6.62. The SMILES string of the molecule is O=C(Nc1cc(C2CCCCN2C(=O)c2ncn(-c3ccccc3)n2)[nH]n1)c1ccc2c(c1)CCO2. The van der Waals surface area contributed by atoms with Gasteiger partial charge in [0.15, 0.2) is 5.82 Å². The highest BCUT2D eigenvalue weighted by Gasteiger charge is 2.32. The normalized spacial score (nSPS) is 16.9. The molecule has 10 nitrogen and oxygen atoms in total. The van der Waals surface area contributed by atoms with Crippen molar-refractivity contribution in [2.75, 3.05) is 18.5 Å². The van der Waals surface area contributed by atoms with E-state index in [0.717, 1.165) is 48.4 Å². The predicted molar refractivity (Wildman–Crippen MR) is 131 cm³/mol. The van der Waals surface area contributed by atoms with Gasteiger partial charge in [-0.2, -0.15) is 5.10 Å². The van der Waals surface area contributed by atoms with E-state index in [9.17, 15) is 9.59 Å². The standard InChI is InChI=1S/C26H25N7O3/c34-25(18-9-10-22-17(14-18)11-13-36-22)28-23-15-20(29-30-23)21-8-4-5-12-32(21)26(35)24-27-16-33(31-24)19-6-2-1-3-7-19/h1-3,6-7,9-10,14-16,21H,4-5,8,11-13H2,(H2,28,29,30,34). The van der Waals surface area contributed by atoms with Crippen molar-refractivity contribution in [3.63, 3.8) is 0 Å². The minimum atomic E-state index is -0.241. The number of likely N-dealkylation sites (tertiary alicyclic amines) is 1. The second kappa shape index (κ2) is 9.29. The molecule has 1 atom stereocenters. The number of hydrogen-bond donors (Lipinski definition) is 2. The van der Waals surface area contributed by atoms with Gasteiger partial charge in [0.05, 0.1) is 24.0 Å². The molecule has 6 rings (SSSR count). The molecule has 182 valence electrons. The minimum Gasteiger partial charge on any atom is -0.493 e. The highest BCUT2D eigenvalue weighted by Crippen LogP contribution is 2.32. The first-order chi connectivity index (χ1) is 17.7.